The summed E-state index contributed by atoms with van der Waals surface area (Å²) in [5, 5.41) is 7.80. The van der Waals surface area contributed by atoms with E-state index in [1.165, 1.54) is 12.1 Å². The van der Waals surface area contributed by atoms with Crippen molar-refractivity contribution in [2.75, 3.05) is 11.1 Å². The first-order valence-electron chi connectivity index (χ1n) is 11.6. The van der Waals surface area contributed by atoms with Gasteiger partial charge in [0.1, 0.15) is 17.7 Å². The molecule has 0 saturated heterocycles. The van der Waals surface area contributed by atoms with Crippen LogP contribution in [0.1, 0.15) is 23.3 Å². The van der Waals surface area contributed by atoms with E-state index in [0.717, 1.165) is 16.6 Å². The second-order valence-electron chi connectivity index (χ2n) is 8.28. The lowest BCUT2D eigenvalue weighted by Crippen LogP contribution is -2.44. The molecule has 1 atom stereocenters. The molecule has 3 heterocycles. The van der Waals surface area contributed by atoms with E-state index < -0.39 is 17.8 Å². The van der Waals surface area contributed by atoms with Crippen molar-refractivity contribution >= 4 is 63.2 Å². The van der Waals surface area contributed by atoms with Gasteiger partial charge in [-0.3, -0.25) is 19.3 Å². The Hall–Kier alpha value is -3.83. The van der Waals surface area contributed by atoms with Crippen molar-refractivity contribution in [2.24, 2.45) is 9.98 Å². The molecule has 1 unspecified atom stereocenters. The number of nitrogens with zero attached hydrogens (tertiary/aromatic N) is 3. The lowest BCUT2D eigenvalue weighted by atomic mass is 10.1. The minimum atomic E-state index is -0.711. The summed E-state index contributed by atoms with van der Waals surface area (Å²) < 4.78 is 13.9. The first kappa shape index (κ1) is 24.8. The van der Waals surface area contributed by atoms with Gasteiger partial charge in [0.25, 0.3) is 5.91 Å². The van der Waals surface area contributed by atoms with E-state index in [9.17, 15) is 18.8 Å². The van der Waals surface area contributed by atoms with Crippen LogP contribution in [0.3, 0.4) is 0 Å². The molecule has 2 aliphatic heterocycles. The minimum Gasteiger partial charge on any atom is -0.351 e. The Balaban J connectivity index is 1.29. The number of nitrogens with one attached hydrogen (secondary N) is 2. The number of hydrogen-bond acceptors (Lipinski definition) is 7. The zero-order chi connectivity index (χ0) is 25.8. The Morgan fingerprint density at radius 1 is 1.03 bits per heavy atom. The number of fused-ring (bicyclic) bond motifs is 3. The third-order valence-electron chi connectivity index (χ3n) is 5.77. The number of amidine groups is 2. The van der Waals surface area contributed by atoms with Crippen molar-refractivity contribution < 1.29 is 18.8 Å². The molecule has 0 aliphatic carbocycles. The van der Waals surface area contributed by atoms with Gasteiger partial charge in [-0.2, -0.15) is 4.99 Å². The number of carbonyl (C=O) groups is 3. The molecule has 1 aromatic heterocycles. The van der Waals surface area contributed by atoms with Crippen LogP contribution in [0, 0.1) is 5.82 Å². The van der Waals surface area contributed by atoms with Gasteiger partial charge in [-0.1, -0.05) is 42.1 Å². The zero-order valence-corrected chi connectivity index (χ0v) is 21.2. The average Bonchev–Trinajstić information content (AvgIpc) is 3.54. The van der Waals surface area contributed by atoms with Crippen molar-refractivity contribution in [2.45, 2.75) is 25.4 Å². The SMILES string of the molecule is O=C(CCC1C(=O)N=C2c3ccccc3N=C(SCC(=O)Nc3ccccc3F)N21)NCc1cccs1. The van der Waals surface area contributed by atoms with Gasteiger partial charge in [-0.25, -0.2) is 9.38 Å². The summed E-state index contributed by atoms with van der Waals surface area (Å²) in [5.74, 6) is -1.06. The largest absolute Gasteiger partial charge is 0.351 e. The summed E-state index contributed by atoms with van der Waals surface area (Å²) in [6.07, 6.45) is 0.375. The number of hydrogen-bond donors (Lipinski definition) is 2. The summed E-state index contributed by atoms with van der Waals surface area (Å²) in [4.78, 5) is 49.7. The molecule has 3 aromatic rings. The highest BCUT2D eigenvalue weighted by atomic mass is 32.2. The van der Waals surface area contributed by atoms with Gasteiger partial charge in [-0.05, 0) is 42.1 Å². The number of thiophene rings is 1. The van der Waals surface area contributed by atoms with Crippen LogP contribution in [0.4, 0.5) is 15.8 Å². The third kappa shape index (κ3) is 5.62. The fourth-order valence-corrected chi connectivity index (χ4v) is 5.50. The smallest absolute Gasteiger partial charge is 0.270 e. The van der Waals surface area contributed by atoms with Gasteiger partial charge in [-0.15, -0.1) is 11.3 Å². The van der Waals surface area contributed by atoms with Crippen LogP contribution in [0.25, 0.3) is 0 Å². The Kier molecular flexibility index (Phi) is 7.42. The molecule has 0 fully saturated rings. The number of thioether (sulfide) groups is 1. The summed E-state index contributed by atoms with van der Waals surface area (Å²) >= 11 is 2.69. The van der Waals surface area contributed by atoms with E-state index in [-0.39, 0.29) is 36.1 Å². The lowest BCUT2D eigenvalue weighted by Gasteiger charge is -2.31. The zero-order valence-electron chi connectivity index (χ0n) is 19.5. The number of benzene rings is 2. The second-order valence-corrected chi connectivity index (χ2v) is 10.3. The monoisotopic (exact) mass is 535 g/mol. The Bertz CT molecular complexity index is 1410. The highest BCUT2D eigenvalue weighted by Gasteiger charge is 2.41. The van der Waals surface area contributed by atoms with E-state index in [2.05, 4.69) is 20.6 Å². The maximum Gasteiger partial charge on any atom is 0.270 e. The maximum atomic E-state index is 13.9. The normalized spacial score (nSPS) is 16.0. The second kappa shape index (κ2) is 11.1. The molecule has 8 nitrogen and oxygen atoms in total. The topological polar surface area (TPSA) is 103 Å². The minimum absolute atomic E-state index is 0.0542. The molecule has 37 heavy (non-hydrogen) atoms. The van der Waals surface area contributed by atoms with E-state index in [1.807, 2.05) is 41.8 Å². The van der Waals surface area contributed by atoms with E-state index in [1.54, 1.807) is 28.4 Å². The van der Waals surface area contributed by atoms with E-state index in [4.69, 9.17) is 0 Å². The molecule has 0 radical (unpaired) electrons. The first-order chi connectivity index (χ1) is 18.0. The maximum absolute atomic E-state index is 13.9. The van der Waals surface area contributed by atoms with Crippen LogP contribution in [0.2, 0.25) is 0 Å². The summed E-state index contributed by atoms with van der Waals surface area (Å²) in [7, 11) is 0. The summed E-state index contributed by atoms with van der Waals surface area (Å²) in [5.41, 5.74) is 1.44. The molecule has 2 aliphatic rings. The molecule has 2 aromatic carbocycles. The predicted molar refractivity (Wildman–Crippen MR) is 144 cm³/mol. The van der Waals surface area contributed by atoms with Crippen molar-refractivity contribution in [1.82, 2.24) is 10.2 Å². The summed E-state index contributed by atoms with van der Waals surface area (Å²) in [6, 6.07) is 16.4. The number of amides is 3. The quantitative estimate of drug-likeness (QED) is 0.447. The van der Waals surface area contributed by atoms with Gasteiger partial charge in [0, 0.05) is 16.9 Å². The summed E-state index contributed by atoms with van der Waals surface area (Å²) in [6.45, 7) is 0.438. The first-order valence-corrected chi connectivity index (χ1v) is 13.4. The fraction of sp³-hybridized carbons (Fsp3) is 0.192. The van der Waals surface area contributed by atoms with Crippen molar-refractivity contribution in [1.29, 1.82) is 0 Å². The van der Waals surface area contributed by atoms with Crippen LogP contribution in [0.5, 0.6) is 0 Å². The molecule has 11 heteroatoms. The third-order valence-corrected chi connectivity index (χ3v) is 7.60. The number of anilines is 1. The molecule has 0 saturated carbocycles. The lowest BCUT2D eigenvalue weighted by molar-refractivity contribution is -0.122. The molecule has 3 amide bonds. The van der Waals surface area contributed by atoms with Crippen LogP contribution >= 0.6 is 23.1 Å². The highest BCUT2D eigenvalue weighted by Crippen LogP contribution is 2.35. The van der Waals surface area contributed by atoms with E-state index >= 15 is 0 Å². The standard InChI is InChI=1S/C26H22FN5O3S2/c27-18-8-2-4-10-20(18)29-23(34)15-37-26-30-19-9-3-1-7-17(19)24-31-25(35)21(32(24)26)11-12-22(33)28-14-16-6-5-13-36-16/h1-10,13,21H,11-12,14-15H2,(H,28,33)(H,29,34). The molecule has 2 N–H and O–H groups in total. The van der Waals surface area contributed by atoms with Crippen molar-refractivity contribution in [3.8, 4) is 0 Å². The van der Waals surface area contributed by atoms with Crippen molar-refractivity contribution in [3.05, 3.63) is 82.3 Å². The van der Waals surface area contributed by atoms with E-state index in [0.29, 0.717) is 28.8 Å². The van der Waals surface area contributed by atoms with Gasteiger partial charge in [0.15, 0.2) is 5.17 Å². The molecule has 0 bridgehead atoms. The van der Waals surface area contributed by atoms with Crippen molar-refractivity contribution in [3.63, 3.8) is 0 Å². The molecular formula is C26H22FN5O3S2. The molecule has 0 spiro atoms. The number of carbonyl (C=O) groups excluding carboxylic acids is 3. The number of aliphatic imine (C=N–C) groups is 2. The van der Waals surface area contributed by atoms with Gasteiger partial charge >= 0.3 is 0 Å². The van der Waals surface area contributed by atoms with Gasteiger partial charge in [0.05, 0.1) is 23.7 Å². The predicted octanol–water partition coefficient (Wildman–Crippen LogP) is 4.31. The van der Waals surface area contributed by atoms with Gasteiger partial charge < -0.3 is 10.6 Å². The molecule has 5 rings (SSSR count). The Labute approximate surface area is 220 Å². The van der Waals surface area contributed by atoms with Crippen LogP contribution < -0.4 is 10.6 Å². The molecular weight excluding hydrogens is 513 g/mol. The van der Waals surface area contributed by atoms with Crippen LogP contribution in [-0.4, -0.2) is 45.4 Å². The number of para-hydroxylation sites is 2. The fourth-order valence-electron chi connectivity index (χ4n) is 4.01. The highest BCUT2D eigenvalue weighted by molar-refractivity contribution is 8.14. The molecule has 188 valence electrons. The van der Waals surface area contributed by atoms with Crippen LogP contribution in [0.15, 0.2) is 76.0 Å². The Morgan fingerprint density at radius 3 is 2.65 bits per heavy atom. The van der Waals surface area contributed by atoms with Crippen LogP contribution in [-0.2, 0) is 20.9 Å². The average molecular weight is 536 g/mol. The number of rotatable bonds is 8. The number of halogens is 1. The van der Waals surface area contributed by atoms with Gasteiger partial charge in [0.2, 0.25) is 11.8 Å². The Morgan fingerprint density at radius 2 is 1.84 bits per heavy atom.